The molecule has 2 N–H and O–H groups in total. The number of aromatic nitrogens is 4. The number of para-hydroxylation sites is 1. The SMILES string of the molecule is COc1ccc(CNc2nc3c(OC)cccc3c3nc(CNCc4ccc(OC(F)(F)F)cc4)nn23)c(OC)c1. The zero-order valence-electron chi connectivity index (χ0n) is 22.5. The number of rotatable bonds is 11. The average Bonchev–Trinajstić information content (AvgIpc) is 3.40. The maximum absolute atomic E-state index is 12.4. The van der Waals surface area contributed by atoms with Gasteiger partial charge in [-0.05, 0) is 42.0 Å². The summed E-state index contributed by atoms with van der Waals surface area (Å²) in [6.07, 6.45) is -4.73. The van der Waals surface area contributed by atoms with Crippen LogP contribution in [0.5, 0.6) is 23.0 Å². The second kappa shape index (κ2) is 11.8. The Bertz CT molecular complexity index is 1660. The molecule has 13 heteroatoms. The molecule has 0 bridgehead atoms. The largest absolute Gasteiger partial charge is 0.573 e. The van der Waals surface area contributed by atoms with Crippen LogP contribution in [-0.4, -0.2) is 47.3 Å². The van der Waals surface area contributed by atoms with Gasteiger partial charge in [0.25, 0.3) is 0 Å². The molecule has 0 aliphatic carbocycles. The Morgan fingerprint density at radius 3 is 2.27 bits per heavy atom. The van der Waals surface area contributed by atoms with Gasteiger partial charge in [-0.1, -0.05) is 18.2 Å². The summed E-state index contributed by atoms with van der Waals surface area (Å²) in [5.41, 5.74) is 2.87. The number of halogens is 3. The van der Waals surface area contributed by atoms with Crippen LogP contribution >= 0.6 is 0 Å². The lowest BCUT2D eigenvalue weighted by molar-refractivity contribution is -0.274. The minimum absolute atomic E-state index is 0.273. The molecule has 2 aromatic heterocycles. The summed E-state index contributed by atoms with van der Waals surface area (Å²) < 4.78 is 59.1. The van der Waals surface area contributed by atoms with Gasteiger partial charge in [0.1, 0.15) is 28.5 Å². The predicted molar refractivity (Wildman–Crippen MR) is 145 cm³/mol. The van der Waals surface area contributed by atoms with Gasteiger partial charge in [-0.25, -0.2) is 9.97 Å². The van der Waals surface area contributed by atoms with E-state index in [1.54, 1.807) is 44.0 Å². The number of ether oxygens (including phenoxy) is 4. The maximum Gasteiger partial charge on any atom is 0.573 e. The summed E-state index contributed by atoms with van der Waals surface area (Å²) in [5.74, 6) is 2.62. The van der Waals surface area contributed by atoms with Crippen LogP contribution in [0.3, 0.4) is 0 Å². The first-order valence-electron chi connectivity index (χ1n) is 12.5. The van der Waals surface area contributed by atoms with Crippen molar-refractivity contribution >= 4 is 22.5 Å². The van der Waals surface area contributed by atoms with Crippen LogP contribution < -0.4 is 29.6 Å². The van der Waals surface area contributed by atoms with E-state index >= 15 is 0 Å². The Balaban J connectivity index is 1.38. The fraction of sp³-hybridized carbons (Fsp3) is 0.250. The monoisotopic (exact) mass is 568 g/mol. The lowest BCUT2D eigenvalue weighted by Gasteiger charge is -2.13. The van der Waals surface area contributed by atoms with Crippen molar-refractivity contribution in [3.05, 3.63) is 77.6 Å². The quantitative estimate of drug-likeness (QED) is 0.225. The van der Waals surface area contributed by atoms with Crippen molar-refractivity contribution in [1.29, 1.82) is 0 Å². The van der Waals surface area contributed by atoms with Gasteiger partial charge in [-0.15, -0.1) is 18.3 Å². The molecule has 0 aliphatic heterocycles. The molecule has 214 valence electrons. The highest BCUT2D eigenvalue weighted by Crippen LogP contribution is 2.30. The third kappa shape index (κ3) is 6.35. The number of anilines is 1. The first kappa shape index (κ1) is 27.8. The summed E-state index contributed by atoms with van der Waals surface area (Å²) in [5, 5.41) is 12.0. The lowest BCUT2D eigenvalue weighted by Crippen LogP contribution is -2.17. The van der Waals surface area contributed by atoms with Gasteiger partial charge < -0.3 is 29.6 Å². The molecule has 0 aliphatic rings. The van der Waals surface area contributed by atoms with E-state index in [0.717, 1.165) is 16.5 Å². The Kier molecular flexibility index (Phi) is 7.97. The molecule has 0 fully saturated rings. The van der Waals surface area contributed by atoms with E-state index in [4.69, 9.17) is 24.2 Å². The third-order valence-corrected chi connectivity index (χ3v) is 6.23. The minimum atomic E-state index is -4.73. The van der Waals surface area contributed by atoms with Crippen molar-refractivity contribution in [1.82, 2.24) is 24.9 Å². The summed E-state index contributed by atoms with van der Waals surface area (Å²) in [6.45, 7) is 1.08. The Morgan fingerprint density at radius 1 is 0.805 bits per heavy atom. The number of alkyl halides is 3. The molecule has 41 heavy (non-hydrogen) atoms. The molecule has 0 spiro atoms. The topological polar surface area (TPSA) is 104 Å². The predicted octanol–water partition coefficient (Wildman–Crippen LogP) is 5.10. The molecule has 0 radical (unpaired) electrons. The van der Waals surface area contributed by atoms with E-state index < -0.39 is 6.36 Å². The molecule has 0 atom stereocenters. The molecule has 0 saturated heterocycles. The molecule has 0 saturated carbocycles. The van der Waals surface area contributed by atoms with Crippen molar-refractivity contribution in [3.63, 3.8) is 0 Å². The lowest BCUT2D eigenvalue weighted by atomic mass is 10.2. The first-order valence-corrected chi connectivity index (χ1v) is 12.5. The van der Waals surface area contributed by atoms with E-state index in [0.29, 0.717) is 59.8 Å². The highest BCUT2D eigenvalue weighted by atomic mass is 19.4. The van der Waals surface area contributed by atoms with E-state index in [-0.39, 0.29) is 5.75 Å². The number of benzene rings is 3. The average molecular weight is 569 g/mol. The van der Waals surface area contributed by atoms with Crippen molar-refractivity contribution in [2.45, 2.75) is 26.0 Å². The van der Waals surface area contributed by atoms with Gasteiger partial charge in [0.2, 0.25) is 5.95 Å². The number of methoxy groups -OCH3 is 3. The maximum atomic E-state index is 12.4. The molecule has 2 heterocycles. The molecule has 0 unspecified atom stereocenters. The standard InChI is InChI=1S/C28H27F3N6O4/c1-38-20-12-9-18(23(13-20)40-3)15-33-27-35-25-21(5-4-6-22(25)39-2)26-34-24(36-37(26)27)16-32-14-17-7-10-19(11-8-17)41-28(29,30)31/h4-13,32H,14-16H2,1-3H3,(H,33,35). The molecule has 5 aromatic rings. The number of fused-ring (bicyclic) bond motifs is 3. The number of hydrogen-bond acceptors (Lipinski definition) is 9. The van der Waals surface area contributed by atoms with Crippen LogP contribution in [0.4, 0.5) is 19.1 Å². The Hall–Kier alpha value is -4.78. The number of hydrogen-bond donors (Lipinski definition) is 2. The zero-order chi connectivity index (χ0) is 29.0. The highest BCUT2D eigenvalue weighted by molar-refractivity contribution is 5.95. The van der Waals surface area contributed by atoms with Crippen LogP contribution in [0.2, 0.25) is 0 Å². The van der Waals surface area contributed by atoms with Gasteiger partial charge in [0.15, 0.2) is 11.5 Å². The minimum Gasteiger partial charge on any atom is -0.497 e. The summed E-state index contributed by atoms with van der Waals surface area (Å²) in [7, 11) is 4.77. The van der Waals surface area contributed by atoms with Crippen LogP contribution in [-0.2, 0) is 19.6 Å². The van der Waals surface area contributed by atoms with Gasteiger partial charge in [0, 0.05) is 30.1 Å². The third-order valence-electron chi connectivity index (χ3n) is 6.23. The molecule has 3 aromatic carbocycles. The van der Waals surface area contributed by atoms with E-state index in [1.807, 2.05) is 30.3 Å². The Labute approximate surface area is 233 Å². The van der Waals surface area contributed by atoms with Crippen molar-refractivity contribution in [2.24, 2.45) is 0 Å². The second-order valence-corrected chi connectivity index (χ2v) is 8.88. The van der Waals surface area contributed by atoms with Crippen molar-refractivity contribution in [2.75, 3.05) is 26.6 Å². The molecular formula is C28H27F3N6O4. The van der Waals surface area contributed by atoms with Crippen molar-refractivity contribution in [3.8, 4) is 23.0 Å². The first-order chi connectivity index (χ1) is 19.8. The van der Waals surface area contributed by atoms with Crippen LogP contribution in [0, 0.1) is 0 Å². The highest BCUT2D eigenvalue weighted by Gasteiger charge is 2.31. The summed E-state index contributed by atoms with van der Waals surface area (Å²) in [6, 6.07) is 16.8. The zero-order valence-corrected chi connectivity index (χ0v) is 22.5. The van der Waals surface area contributed by atoms with Crippen LogP contribution in [0.25, 0.3) is 16.6 Å². The second-order valence-electron chi connectivity index (χ2n) is 8.88. The van der Waals surface area contributed by atoms with E-state index in [2.05, 4.69) is 20.5 Å². The Morgan fingerprint density at radius 2 is 1.56 bits per heavy atom. The normalized spacial score (nSPS) is 11.6. The smallest absolute Gasteiger partial charge is 0.497 e. The fourth-order valence-corrected chi connectivity index (χ4v) is 4.30. The van der Waals surface area contributed by atoms with E-state index in [1.165, 1.54) is 12.1 Å². The van der Waals surface area contributed by atoms with Gasteiger partial charge in [0.05, 0.1) is 27.9 Å². The number of nitrogens with zero attached hydrogens (tertiary/aromatic N) is 4. The van der Waals surface area contributed by atoms with E-state index in [9.17, 15) is 13.2 Å². The van der Waals surface area contributed by atoms with Gasteiger partial charge >= 0.3 is 6.36 Å². The molecule has 5 rings (SSSR count). The summed E-state index contributed by atoms with van der Waals surface area (Å²) >= 11 is 0. The van der Waals surface area contributed by atoms with Gasteiger partial charge in [-0.2, -0.15) is 4.52 Å². The molecule has 10 nitrogen and oxygen atoms in total. The van der Waals surface area contributed by atoms with Gasteiger partial charge in [-0.3, -0.25) is 0 Å². The fourth-order valence-electron chi connectivity index (χ4n) is 4.30. The summed E-state index contributed by atoms with van der Waals surface area (Å²) in [4.78, 5) is 9.54. The van der Waals surface area contributed by atoms with Crippen molar-refractivity contribution < 1.29 is 32.1 Å². The van der Waals surface area contributed by atoms with Crippen LogP contribution in [0.1, 0.15) is 17.0 Å². The molecule has 0 amide bonds. The van der Waals surface area contributed by atoms with Crippen LogP contribution in [0.15, 0.2) is 60.7 Å². The number of nitrogens with one attached hydrogen (secondary N) is 2. The molecular weight excluding hydrogens is 541 g/mol.